The quantitative estimate of drug-likeness (QED) is 0.856. The Hall–Kier alpha value is -2.69. The van der Waals surface area contributed by atoms with Gasteiger partial charge in [0.1, 0.15) is 29.6 Å². The molecule has 0 aliphatic carbocycles. The maximum absolute atomic E-state index is 13.6. The normalized spacial score (nSPS) is 22.0. The van der Waals surface area contributed by atoms with Crippen LogP contribution in [0.3, 0.4) is 0 Å². The highest BCUT2D eigenvalue weighted by molar-refractivity contribution is 6.42. The number of ether oxygens (including phenoxy) is 1. The molecular formula is C18H15FN2O2. The SMILES string of the molecule is CC(=O)C1=NN2c3cc(F)ccc3OCC2[C@@H]1c1ccccc1. The number of rotatable bonds is 2. The number of benzene rings is 2. The molecule has 2 aliphatic heterocycles. The van der Waals surface area contributed by atoms with Crippen molar-refractivity contribution in [2.75, 3.05) is 11.6 Å². The lowest BCUT2D eigenvalue weighted by molar-refractivity contribution is -0.111. The minimum absolute atomic E-state index is 0.0776. The van der Waals surface area contributed by atoms with Gasteiger partial charge in [0, 0.05) is 13.0 Å². The molecule has 0 spiro atoms. The predicted octanol–water partition coefficient (Wildman–Crippen LogP) is 3.14. The molecule has 2 aromatic carbocycles. The Balaban J connectivity index is 1.83. The van der Waals surface area contributed by atoms with Crippen LogP contribution in [0, 0.1) is 5.82 Å². The lowest BCUT2D eigenvalue weighted by atomic mass is 9.86. The highest BCUT2D eigenvalue weighted by atomic mass is 19.1. The van der Waals surface area contributed by atoms with Crippen LogP contribution in [0.25, 0.3) is 0 Å². The van der Waals surface area contributed by atoms with Crippen LogP contribution in [0.4, 0.5) is 10.1 Å². The first-order valence-electron chi connectivity index (χ1n) is 7.51. The van der Waals surface area contributed by atoms with E-state index in [0.717, 1.165) is 5.56 Å². The van der Waals surface area contributed by atoms with Crippen LogP contribution in [0.5, 0.6) is 5.75 Å². The Kier molecular flexibility index (Phi) is 3.15. The maximum Gasteiger partial charge on any atom is 0.176 e. The molecule has 0 N–H and O–H groups in total. The zero-order chi connectivity index (χ0) is 16.0. The fourth-order valence-corrected chi connectivity index (χ4v) is 3.27. The van der Waals surface area contributed by atoms with Crippen LogP contribution >= 0.6 is 0 Å². The molecule has 0 amide bonds. The van der Waals surface area contributed by atoms with Crippen molar-refractivity contribution in [2.24, 2.45) is 5.10 Å². The van der Waals surface area contributed by atoms with E-state index < -0.39 is 0 Å². The van der Waals surface area contributed by atoms with Crippen molar-refractivity contribution in [3.63, 3.8) is 0 Å². The molecule has 23 heavy (non-hydrogen) atoms. The lowest BCUT2D eigenvalue weighted by Gasteiger charge is -2.33. The summed E-state index contributed by atoms with van der Waals surface area (Å²) in [6, 6.07) is 14.0. The molecule has 0 saturated heterocycles. The third-order valence-electron chi connectivity index (χ3n) is 4.31. The number of nitrogens with zero attached hydrogens (tertiary/aromatic N) is 2. The highest BCUT2D eigenvalue weighted by Gasteiger charge is 2.44. The summed E-state index contributed by atoms with van der Waals surface area (Å²) in [5.41, 5.74) is 2.07. The summed E-state index contributed by atoms with van der Waals surface area (Å²) < 4.78 is 19.4. The smallest absolute Gasteiger partial charge is 0.176 e. The fourth-order valence-electron chi connectivity index (χ4n) is 3.27. The first-order valence-corrected chi connectivity index (χ1v) is 7.51. The second-order valence-corrected chi connectivity index (χ2v) is 5.76. The first-order chi connectivity index (χ1) is 11.1. The van der Waals surface area contributed by atoms with Gasteiger partial charge in [-0.15, -0.1) is 0 Å². The molecule has 0 fully saturated rings. The van der Waals surface area contributed by atoms with Gasteiger partial charge in [-0.2, -0.15) is 5.10 Å². The molecule has 0 bridgehead atoms. The second kappa shape index (κ2) is 5.19. The van der Waals surface area contributed by atoms with Crippen molar-refractivity contribution < 1.29 is 13.9 Å². The van der Waals surface area contributed by atoms with Gasteiger partial charge in [0.15, 0.2) is 5.78 Å². The summed E-state index contributed by atoms with van der Waals surface area (Å²) in [6.45, 7) is 1.92. The molecule has 116 valence electrons. The number of Topliss-reactive ketones (excluding diaryl/α,β-unsaturated/α-hetero) is 1. The van der Waals surface area contributed by atoms with Crippen molar-refractivity contribution in [1.82, 2.24) is 0 Å². The number of halogens is 1. The summed E-state index contributed by atoms with van der Waals surface area (Å²) in [5, 5.41) is 6.24. The van der Waals surface area contributed by atoms with Crippen LogP contribution in [0.2, 0.25) is 0 Å². The summed E-state index contributed by atoms with van der Waals surface area (Å²) in [4.78, 5) is 12.1. The van der Waals surface area contributed by atoms with Crippen LogP contribution in [-0.2, 0) is 4.79 Å². The monoisotopic (exact) mass is 310 g/mol. The maximum atomic E-state index is 13.6. The van der Waals surface area contributed by atoms with E-state index >= 15 is 0 Å². The van der Waals surface area contributed by atoms with Gasteiger partial charge in [0.2, 0.25) is 0 Å². The number of ketones is 1. The highest BCUT2D eigenvalue weighted by Crippen LogP contribution is 2.42. The third-order valence-corrected chi connectivity index (χ3v) is 4.31. The molecule has 1 unspecified atom stereocenters. The van der Waals surface area contributed by atoms with E-state index in [2.05, 4.69) is 5.10 Å². The molecule has 2 aromatic rings. The van der Waals surface area contributed by atoms with E-state index in [1.165, 1.54) is 19.1 Å². The molecule has 0 radical (unpaired) electrons. The topological polar surface area (TPSA) is 41.9 Å². The van der Waals surface area contributed by atoms with Gasteiger partial charge < -0.3 is 4.74 Å². The van der Waals surface area contributed by atoms with Crippen molar-refractivity contribution in [3.8, 4) is 5.75 Å². The Morgan fingerprint density at radius 1 is 1.26 bits per heavy atom. The number of fused-ring (bicyclic) bond motifs is 3. The van der Waals surface area contributed by atoms with Crippen LogP contribution in [0.1, 0.15) is 18.4 Å². The molecule has 2 atom stereocenters. The van der Waals surface area contributed by atoms with Crippen LogP contribution in [0.15, 0.2) is 53.6 Å². The molecule has 4 nitrogen and oxygen atoms in total. The lowest BCUT2D eigenvalue weighted by Crippen LogP contribution is -2.41. The van der Waals surface area contributed by atoms with Gasteiger partial charge in [0.05, 0.1) is 12.0 Å². The first kappa shape index (κ1) is 13.9. The van der Waals surface area contributed by atoms with E-state index in [0.29, 0.717) is 23.8 Å². The summed E-state index contributed by atoms with van der Waals surface area (Å²) in [5.74, 6) is -0.0185. The van der Waals surface area contributed by atoms with E-state index in [1.807, 2.05) is 30.3 Å². The number of carbonyl (C=O) groups is 1. The minimum atomic E-state index is -0.351. The van der Waals surface area contributed by atoms with E-state index in [1.54, 1.807) is 11.1 Å². The summed E-state index contributed by atoms with van der Waals surface area (Å²) in [6.07, 6.45) is 0. The molecule has 0 aromatic heterocycles. The van der Waals surface area contributed by atoms with Gasteiger partial charge in [-0.25, -0.2) is 4.39 Å². The van der Waals surface area contributed by atoms with Crippen molar-refractivity contribution in [2.45, 2.75) is 18.9 Å². The van der Waals surface area contributed by atoms with Crippen LogP contribution in [-0.4, -0.2) is 24.1 Å². The zero-order valence-corrected chi connectivity index (χ0v) is 12.6. The van der Waals surface area contributed by atoms with Gasteiger partial charge in [-0.1, -0.05) is 30.3 Å². The average molecular weight is 310 g/mol. The average Bonchev–Trinajstić information content (AvgIpc) is 2.96. The molecule has 2 heterocycles. The van der Waals surface area contributed by atoms with E-state index in [4.69, 9.17) is 4.74 Å². The minimum Gasteiger partial charge on any atom is -0.489 e. The predicted molar refractivity (Wildman–Crippen MR) is 85.5 cm³/mol. The largest absolute Gasteiger partial charge is 0.489 e. The van der Waals surface area contributed by atoms with Crippen molar-refractivity contribution >= 4 is 17.2 Å². The van der Waals surface area contributed by atoms with Crippen molar-refractivity contribution in [1.29, 1.82) is 0 Å². The zero-order valence-electron chi connectivity index (χ0n) is 12.6. The standard InChI is InChI=1S/C18H15FN2O2/c1-11(22)18-17(12-5-3-2-4-6-12)15-10-23-16-8-7-13(19)9-14(16)21(15)20-18/h2-9,15,17H,10H2,1H3/t15?,17-/m0/s1. The Morgan fingerprint density at radius 3 is 2.78 bits per heavy atom. The second-order valence-electron chi connectivity index (χ2n) is 5.76. The number of anilines is 1. The summed E-state index contributed by atoms with van der Waals surface area (Å²) >= 11 is 0. The summed E-state index contributed by atoms with van der Waals surface area (Å²) in [7, 11) is 0. The third kappa shape index (κ3) is 2.20. The van der Waals surface area contributed by atoms with Crippen LogP contribution < -0.4 is 9.75 Å². The molecular weight excluding hydrogens is 295 g/mol. The van der Waals surface area contributed by atoms with E-state index in [9.17, 15) is 9.18 Å². The molecule has 5 heteroatoms. The molecule has 2 aliphatic rings. The van der Waals surface area contributed by atoms with E-state index in [-0.39, 0.29) is 23.6 Å². The Morgan fingerprint density at radius 2 is 2.04 bits per heavy atom. The number of hydrogen-bond acceptors (Lipinski definition) is 4. The molecule has 0 saturated carbocycles. The molecule has 4 rings (SSSR count). The van der Waals surface area contributed by atoms with Gasteiger partial charge in [-0.3, -0.25) is 9.80 Å². The van der Waals surface area contributed by atoms with Gasteiger partial charge in [-0.05, 0) is 17.7 Å². The number of hydrogen-bond donors (Lipinski definition) is 0. The number of hydrazone groups is 1. The van der Waals surface area contributed by atoms with Crippen molar-refractivity contribution in [3.05, 3.63) is 59.9 Å². The van der Waals surface area contributed by atoms with Gasteiger partial charge in [0.25, 0.3) is 0 Å². The fraction of sp³-hybridized carbons (Fsp3) is 0.222. The Labute approximate surface area is 133 Å². The Bertz CT molecular complexity index is 804. The van der Waals surface area contributed by atoms with Gasteiger partial charge >= 0.3 is 0 Å². The number of carbonyl (C=O) groups excluding carboxylic acids is 1.